The highest BCUT2D eigenvalue weighted by Gasteiger charge is 2.79. The maximum atomic E-state index is 14.8. The van der Waals surface area contributed by atoms with Crippen LogP contribution in [0.1, 0.15) is 337 Å². The minimum atomic E-state index is -2.81. The number of halogens is 8. The third-order valence-corrected chi connectivity index (χ3v) is 41.4. The van der Waals surface area contributed by atoms with Crippen LogP contribution < -0.4 is 0 Å². The van der Waals surface area contributed by atoms with Gasteiger partial charge >= 0.3 is 23.9 Å². The lowest BCUT2D eigenvalue weighted by Gasteiger charge is -2.71. The van der Waals surface area contributed by atoms with Crippen molar-refractivity contribution in [2.24, 2.45) is 78.8 Å². The highest BCUT2D eigenvalue weighted by molar-refractivity contribution is 6.32. The van der Waals surface area contributed by atoms with Crippen LogP contribution in [0.3, 0.4) is 0 Å². The summed E-state index contributed by atoms with van der Waals surface area (Å²) < 4.78 is 84.4. The Morgan fingerprint density at radius 2 is 0.637 bits per heavy atom. The van der Waals surface area contributed by atoms with Crippen LogP contribution in [-0.2, 0) is 91.8 Å². The molecule has 146 heavy (non-hydrogen) atoms. The fraction of sp³-hybridized carbons (Fsp3) is 0.661. The minimum absolute atomic E-state index is 0.0120. The molecule has 14 atom stereocenters. The number of hydrogen-bond acceptors (Lipinski definition) is 12. The Kier molecular flexibility index (Phi) is 25.2. The molecule has 8 aliphatic heterocycles. The molecular weight excluding hydrogens is 1950 g/mol. The molecular formula is C118H148Cl4F4N4O16. The van der Waals surface area contributed by atoms with Crippen molar-refractivity contribution in [3.8, 4) is 0 Å². The molecule has 8 heterocycles. The van der Waals surface area contributed by atoms with Crippen LogP contribution in [0, 0.1) is 78.8 Å². The molecule has 26 rings (SSSR count). The largest absolute Gasteiger partial charge is 0.481 e. The first kappa shape index (κ1) is 107. The molecule has 8 bridgehead atoms. The van der Waals surface area contributed by atoms with Crippen molar-refractivity contribution in [1.82, 2.24) is 19.6 Å². The molecule has 4 N–H and O–H groups in total. The fourth-order valence-electron chi connectivity index (χ4n) is 30.2. The second-order valence-corrected chi connectivity index (χ2v) is 56.1. The Hall–Kier alpha value is -7.68. The summed E-state index contributed by atoms with van der Waals surface area (Å²) in [5, 5.41) is 40.7. The van der Waals surface area contributed by atoms with Crippen LogP contribution in [-0.4, -0.2) is 171 Å². The molecule has 14 aliphatic carbocycles. The molecule has 4 aromatic rings. The lowest BCUT2D eigenvalue weighted by atomic mass is 9.38. The van der Waals surface area contributed by atoms with Crippen molar-refractivity contribution in [3.05, 3.63) is 184 Å². The van der Waals surface area contributed by atoms with Crippen molar-refractivity contribution < 1.29 is 95.3 Å². The summed E-state index contributed by atoms with van der Waals surface area (Å²) in [6.07, 6.45) is 20.8. The average Bonchev–Trinajstić information content (AvgIpc) is 0.818. The molecule has 4 saturated heterocycles. The average molecular weight is 2100 g/mol. The summed E-state index contributed by atoms with van der Waals surface area (Å²) in [4.78, 5) is 109. The quantitative estimate of drug-likeness (QED) is 0.0674. The monoisotopic (exact) mass is 2090 g/mol. The summed E-state index contributed by atoms with van der Waals surface area (Å²) in [5.41, 5.74) is 3.24. The molecule has 18 fully saturated rings. The number of carbonyl (C=O) groups excluding carboxylic acids is 4. The number of ether oxygens (including phenoxy) is 4. The predicted octanol–water partition coefficient (Wildman–Crippen LogP) is 25.3. The molecule has 0 aromatic heterocycles. The van der Waals surface area contributed by atoms with E-state index in [0.717, 1.165) is 86.7 Å². The number of rotatable bonds is 18. The fourth-order valence-corrected chi connectivity index (χ4v) is 31.4. The summed E-state index contributed by atoms with van der Waals surface area (Å²) in [6, 6.07) is 23.3. The van der Waals surface area contributed by atoms with Crippen molar-refractivity contribution in [3.63, 3.8) is 0 Å². The first-order chi connectivity index (χ1) is 67.4. The number of carboxylic acids is 4. The van der Waals surface area contributed by atoms with Gasteiger partial charge in [-0.25, -0.2) is 17.6 Å². The van der Waals surface area contributed by atoms with Crippen LogP contribution in [0.4, 0.5) is 17.6 Å². The van der Waals surface area contributed by atoms with E-state index in [2.05, 4.69) is 140 Å². The zero-order chi connectivity index (χ0) is 106. The molecule has 4 aromatic carbocycles. The Morgan fingerprint density at radius 3 is 0.897 bits per heavy atom. The highest BCUT2D eigenvalue weighted by Crippen LogP contribution is 2.76. The van der Waals surface area contributed by atoms with E-state index in [-0.39, 0.29) is 105 Å². The lowest BCUT2D eigenvalue weighted by Crippen LogP contribution is -2.77. The maximum absolute atomic E-state index is 14.8. The van der Waals surface area contributed by atoms with E-state index in [9.17, 15) is 76.3 Å². The molecule has 0 spiro atoms. The highest BCUT2D eigenvalue weighted by atomic mass is 35.5. The van der Waals surface area contributed by atoms with E-state index in [1.165, 1.54) is 11.1 Å². The number of hydrogen-bond donors (Lipinski definition) is 4. The zero-order valence-electron chi connectivity index (χ0n) is 88.9. The molecule has 8 unspecified atom stereocenters. The van der Waals surface area contributed by atoms with Gasteiger partial charge in [0.05, 0.1) is 116 Å². The van der Waals surface area contributed by atoms with Gasteiger partial charge in [-0.1, -0.05) is 206 Å². The number of aliphatic carboxylic acids is 4. The van der Waals surface area contributed by atoms with Crippen LogP contribution in [0.5, 0.6) is 0 Å². The summed E-state index contributed by atoms with van der Waals surface area (Å²) in [7, 11) is 0. The second-order valence-electron chi connectivity index (χ2n) is 54.5. The van der Waals surface area contributed by atoms with Gasteiger partial charge in [-0.15, -0.1) is 0 Å². The number of fused-ring (bicyclic) bond motifs is 6. The van der Waals surface area contributed by atoms with Crippen molar-refractivity contribution >= 4 is 93.9 Å². The SMILES string of the molecule is CC1C2=CN(C34CC(C(=O)O)(C3)C4)C(=O)C[C@]2(c2ccc(CCC(C)(C)C)c(Cl)c2)COC1(C)C.CC1C2=CN(C34CCC(C(=O)O)(C3)C4)C(=O)C[C@]2(c2ccc(CCC(C)(C)C)c(Cl)c2)COC1(C)C.C[C@H]1OCC2(c3ccc(C4C(C(C)(C)C)C4(F)F)c(Cl)c3)CC(=O)N(C34CC(C(=O)O)(C3)C4)C=C2[C@@H]1C.C[C@H]1OCC2(c3ccc(C4C(C(C)(C)C)C4(F)F)c(Cl)c3)CC(=O)N(C34CCC(C(=O)O)(C3)C4)C=C2[C@@H]1C. The molecule has 14 saturated carbocycles. The van der Waals surface area contributed by atoms with E-state index in [4.69, 9.17) is 65.4 Å². The van der Waals surface area contributed by atoms with Gasteiger partial charge in [-0.2, -0.15) is 0 Å². The number of benzene rings is 4. The van der Waals surface area contributed by atoms with Gasteiger partial charge in [0, 0.05) is 117 Å². The lowest BCUT2D eigenvalue weighted by molar-refractivity contribution is -0.225. The number of aryl methyl sites for hydroxylation is 2. The zero-order valence-corrected chi connectivity index (χ0v) is 91.9. The maximum Gasteiger partial charge on any atom is 0.309 e. The Morgan fingerprint density at radius 1 is 0.370 bits per heavy atom. The Balaban J connectivity index is 0.000000123. The van der Waals surface area contributed by atoms with Crippen LogP contribution in [0.25, 0.3) is 0 Å². The molecule has 20 nitrogen and oxygen atoms in total. The van der Waals surface area contributed by atoms with Gasteiger partial charge in [0.1, 0.15) is 0 Å². The number of carboxylic acid groups (broad SMARTS) is 4. The number of carbonyl (C=O) groups is 8. The number of alkyl halides is 4. The van der Waals surface area contributed by atoms with E-state index in [1.54, 1.807) is 29.2 Å². The standard InChI is InChI=1S/C30H36ClF2NO4.C30H40ClNO4.C29H34ClF2NO4.C29H38ClNO4/c1-16-17(2)38-15-29(18-6-7-19(21(31)10-18)23-24(26(3,4)5)30(23,32)33)11-22(35)34(12-20(16)29)28-9-8-27(13-28,14-28)25(36)37;1-19-22-15-32(29-12-11-28(16-29,17-29)25(34)35)24(33)14-30(22,18-36-27(19,5)6)21-8-7-20(23(31)13-21)9-10-26(2,3)4;1-15-16(2)37-14-28(9-21(34)33(10-19(15)28)27-11-26(12-27,13-27)24(35)36)17-6-7-18(20(30)8-17)22-23(25(3,4)5)29(22,31)32;1-18-21-13-31(28-14-27(15-28,16-28)24(33)34)23(32)12-29(21,17-35-26(18,5)6)20-8-7-19(22(30)11-20)9-10-25(2,3)4/h6-7,10,12,16-17,23-24H,8-9,11,13-15H2,1-5H3,(H,36,37);7-8,13,15,19H,9-12,14,16-18H2,1-6H3,(H,34,35);6-8,10,15-16,22-23H,9,11-14H2,1-5H3,(H,35,36);7-8,11,13,18H,9-10,12,14-17H2,1-6H3,(H,33,34)/t16-,17-,23?,24?,27?,28?,29?;19?,28?,29?,30-;15-,16-,22?,23?,26?,27?,28?;18?,27?,28?,29-/m1111/s1. The summed E-state index contributed by atoms with van der Waals surface area (Å²) >= 11 is 27.0. The van der Waals surface area contributed by atoms with Crippen molar-refractivity contribution in [2.75, 3.05) is 26.4 Å². The normalized spacial score (nSPS) is 38.5. The van der Waals surface area contributed by atoms with Crippen LogP contribution >= 0.6 is 46.4 Å². The topological polar surface area (TPSA) is 267 Å². The third-order valence-electron chi connectivity index (χ3n) is 40.1. The van der Waals surface area contributed by atoms with Gasteiger partial charge < -0.3 is 59.0 Å². The van der Waals surface area contributed by atoms with Gasteiger partial charge in [-0.05, 0) is 270 Å². The number of amides is 4. The van der Waals surface area contributed by atoms with Crippen molar-refractivity contribution in [2.45, 2.75) is 384 Å². The van der Waals surface area contributed by atoms with E-state index in [1.807, 2.05) is 101 Å². The van der Waals surface area contributed by atoms with Crippen molar-refractivity contribution in [1.29, 1.82) is 0 Å². The first-order valence-electron chi connectivity index (χ1n) is 53.0. The Bertz CT molecular complexity index is 6230. The molecule has 22 aliphatic rings. The van der Waals surface area contributed by atoms with E-state index >= 15 is 0 Å². The Labute approximate surface area is 877 Å². The van der Waals surface area contributed by atoms with Crippen LogP contribution in [0.2, 0.25) is 20.1 Å². The molecule has 28 heteroatoms. The van der Waals surface area contributed by atoms with Gasteiger partial charge in [0.2, 0.25) is 23.6 Å². The van der Waals surface area contributed by atoms with Gasteiger partial charge in [0.25, 0.3) is 11.8 Å². The third kappa shape index (κ3) is 16.6. The molecule has 0 radical (unpaired) electrons. The minimum Gasteiger partial charge on any atom is -0.481 e. The smallest absolute Gasteiger partial charge is 0.309 e. The van der Waals surface area contributed by atoms with Gasteiger partial charge in [-0.3, -0.25) is 38.4 Å². The summed E-state index contributed by atoms with van der Waals surface area (Å²) in [5.74, 6) is -11.8. The summed E-state index contributed by atoms with van der Waals surface area (Å²) in [6.45, 7) is 46.8. The molecule has 4 amide bonds. The number of nitrogens with zero attached hydrogens (tertiary/aromatic N) is 4. The predicted molar refractivity (Wildman–Crippen MR) is 551 cm³/mol. The second kappa shape index (κ2) is 34.4. The van der Waals surface area contributed by atoms with E-state index < -0.39 is 125 Å². The molecule has 792 valence electrons. The first-order valence-corrected chi connectivity index (χ1v) is 54.5. The van der Waals surface area contributed by atoms with E-state index in [0.29, 0.717) is 144 Å². The van der Waals surface area contributed by atoms with Crippen LogP contribution in [0.15, 0.2) is 120 Å². The van der Waals surface area contributed by atoms with Gasteiger partial charge in [0.15, 0.2) is 0 Å².